The van der Waals surface area contributed by atoms with E-state index in [4.69, 9.17) is 13.9 Å². The highest BCUT2D eigenvalue weighted by molar-refractivity contribution is 7.99. The number of benzene rings is 2. The standard InChI is InChI=1S/C31H35N5O6S/c1-5-31(14-9-15-36(19-31)29(39)40-17-20-10-7-6-8-11-20)27-35-34-26(41-27)21-12-13-24-22(16-21)32-25(37)23(18-43-24)33-28(38)42-30(2,3)4/h5-8,10-13,16,23H,1,9,14-15,17-19H2,2-4H3,(H,32,37)(H,33,38)/t23-,31?/m0/s1. The normalized spacial score (nSPS) is 20.3. The van der Waals surface area contributed by atoms with Gasteiger partial charge in [-0.2, -0.15) is 0 Å². The van der Waals surface area contributed by atoms with Gasteiger partial charge in [-0.05, 0) is 57.4 Å². The van der Waals surface area contributed by atoms with Crippen LogP contribution in [0.5, 0.6) is 0 Å². The Labute approximate surface area is 254 Å². The number of nitrogens with one attached hydrogen (secondary N) is 2. The van der Waals surface area contributed by atoms with Crippen LogP contribution in [0.3, 0.4) is 0 Å². The number of amides is 3. The first-order valence-corrected chi connectivity index (χ1v) is 15.0. The van der Waals surface area contributed by atoms with Crippen LogP contribution in [-0.4, -0.2) is 63.7 Å². The Balaban J connectivity index is 1.27. The van der Waals surface area contributed by atoms with Crippen molar-refractivity contribution >= 4 is 35.5 Å². The Bertz CT molecular complexity index is 1500. The van der Waals surface area contributed by atoms with Crippen molar-refractivity contribution in [1.29, 1.82) is 0 Å². The molecule has 2 N–H and O–H groups in total. The number of nitrogens with zero attached hydrogens (tertiary/aromatic N) is 3. The SMILES string of the molecule is C=CC1(c2nnc(-c3ccc4c(c3)NC(=O)[C@@H](NC(=O)OC(C)(C)C)CS4)o2)CCCN(C(=O)OCc2ccccc2)C1. The minimum atomic E-state index is -0.771. The van der Waals surface area contributed by atoms with Crippen molar-refractivity contribution in [3.8, 4) is 11.5 Å². The van der Waals surface area contributed by atoms with Gasteiger partial charge in [0.2, 0.25) is 17.7 Å². The minimum Gasteiger partial charge on any atom is -0.445 e. The van der Waals surface area contributed by atoms with E-state index in [-0.39, 0.29) is 18.4 Å². The van der Waals surface area contributed by atoms with Crippen molar-refractivity contribution < 1.29 is 28.3 Å². The number of likely N-dealkylation sites (tertiary alicyclic amines) is 1. The maximum absolute atomic E-state index is 12.9. The fourth-order valence-electron chi connectivity index (χ4n) is 4.93. The number of ether oxygens (including phenoxy) is 2. The molecule has 2 aliphatic rings. The Morgan fingerprint density at radius 1 is 1.23 bits per heavy atom. The fraction of sp³-hybridized carbons (Fsp3) is 0.387. The quantitative estimate of drug-likeness (QED) is 0.348. The number of hydrogen-bond acceptors (Lipinski definition) is 9. The van der Waals surface area contributed by atoms with Crippen molar-refractivity contribution in [2.45, 2.75) is 62.2 Å². The van der Waals surface area contributed by atoms with Gasteiger partial charge in [0, 0.05) is 29.3 Å². The summed E-state index contributed by atoms with van der Waals surface area (Å²) in [6.45, 7) is 10.4. The summed E-state index contributed by atoms with van der Waals surface area (Å²) in [7, 11) is 0. The average molecular weight is 606 g/mol. The van der Waals surface area contributed by atoms with Gasteiger partial charge >= 0.3 is 12.2 Å². The van der Waals surface area contributed by atoms with Gasteiger partial charge in [-0.3, -0.25) is 4.79 Å². The molecule has 0 bridgehead atoms. The van der Waals surface area contributed by atoms with Gasteiger partial charge in [0.25, 0.3) is 0 Å². The molecule has 1 saturated heterocycles. The highest BCUT2D eigenvalue weighted by atomic mass is 32.2. The Morgan fingerprint density at radius 2 is 2.02 bits per heavy atom. The Kier molecular flexibility index (Phi) is 8.77. The second-order valence-corrected chi connectivity index (χ2v) is 12.6. The van der Waals surface area contributed by atoms with E-state index in [2.05, 4.69) is 27.4 Å². The number of fused-ring (bicyclic) bond motifs is 1. The first-order valence-electron chi connectivity index (χ1n) is 14.1. The summed E-state index contributed by atoms with van der Waals surface area (Å²) in [5.41, 5.74) is 0.696. The summed E-state index contributed by atoms with van der Waals surface area (Å²) in [5.74, 6) is 0.615. The predicted octanol–water partition coefficient (Wildman–Crippen LogP) is 5.53. The number of carbonyl (C=O) groups is 3. The van der Waals surface area contributed by atoms with Gasteiger partial charge in [-0.1, -0.05) is 36.4 Å². The molecule has 1 aromatic heterocycles. The molecule has 2 aromatic carbocycles. The van der Waals surface area contributed by atoms with Crippen LogP contribution in [0.15, 0.2) is 70.5 Å². The lowest BCUT2D eigenvalue weighted by Gasteiger charge is -2.37. The molecule has 1 unspecified atom stereocenters. The summed E-state index contributed by atoms with van der Waals surface area (Å²) >= 11 is 1.44. The first kappa shape index (κ1) is 30.1. The smallest absolute Gasteiger partial charge is 0.410 e. The molecule has 1 fully saturated rings. The Morgan fingerprint density at radius 3 is 2.77 bits per heavy atom. The highest BCUT2D eigenvalue weighted by Crippen LogP contribution is 2.38. The van der Waals surface area contributed by atoms with E-state index in [0.29, 0.717) is 48.8 Å². The molecule has 226 valence electrons. The lowest BCUT2D eigenvalue weighted by Crippen LogP contribution is -2.47. The fourth-order valence-corrected chi connectivity index (χ4v) is 5.94. The van der Waals surface area contributed by atoms with Crippen LogP contribution in [0.2, 0.25) is 0 Å². The van der Waals surface area contributed by atoms with Gasteiger partial charge in [-0.15, -0.1) is 28.5 Å². The third-order valence-corrected chi connectivity index (χ3v) is 8.29. The summed E-state index contributed by atoms with van der Waals surface area (Å²) in [6, 6.07) is 14.2. The lowest BCUT2D eigenvalue weighted by molar-refractivity contribution is -0.117. The van der Waals surface area contributed by atoms with E-state index in [1.54, 1.807) is 37.8 Å². The molecule has 12 heteroatoms. The van der Waals surface area contributed by atoms with E-state index in [1.165, 1.54) is 11.8 Å². The van der Waals surface area contributed by atoms with E-state index in [1.807, 2.05) is 42.5 Å². The zero-order valence-corrected chi connectivity index (χ0v) is 25.2. The van der Waals surface area contributed by atoms with Gasteiger partial charge < -0.3 is 29.4 Å². The highest BCUT2D eigenvalue weighted by Gasteiger charge is 2.41. The van der Waals surface area contributed by atoms with E-state index in [9.17, 15) is 14.4 Å². The van der Waals surface area contributed by atoms with Crippen LogP contribution >= 0.6 is 11.8 Å². The van der Waals surface area contributed by atoms with Gasteiger partial charge in [0.1, 0.15) is 18.2 Å². The van der Waals surface area contributed by atoms with Crippen LogP contribution in [0.4, 0.5) is 15.3 Å². The summed E-state index contributed by atoms with van der Waals surface area (Å²) in [4.78, 5) is 40.6. The van der Waals surface area contributed by atoms with Gasteiger partial charge in [0.05, 0.1) is 11.1 Å². The second kappa shape index (κ2) is 12.5. The third kappa shape index (κ3) is 7.19. The average Bonchev–Trinajstić information content (AvgIpc) is 3.43. The molecule has 2 aliphatic heterocycles. The monoisotopic (exact) mass is 605 g/mol. The Hall–Kier alpha value is -4.32. The van der Waals surface area contributed by atoms with Gasteiger partial charge in [0.15, 0.2) is 0 Å². The number of alkyl carbamates (subject to hydrolysis) is 1. The van der Waals surface area contributed by atoms with E-state index in [0.717, 1.165) is 10.5 Å². The molecule has 2 atom stereocenters. The number of thioether (sulfide) groups is 1. The molecule has 43 heavy (non-hydrogen) atoms. The molecule has 0 spiro atoms. The van der Waals surface area contributed by atoms with Crippen LogP contribution in [0.1, 0.15) is 45.1 Å². The molecule has 3 amide bonds. The van der Waals surface area contributed by atoms with Crippen molar-refractivity contribution in [3.05, 3.63) is 72.6 Å². The molecule has 11 nitrogen and oxygen atoms in total. The van der Waals surface area contributed by atoms with Gasteiger partial charge in [-0.25, -0.2) is 9.59 Å². The summed E-state index contributed by atoms with van der Waals surface area (Å²) < 4.78 is 17.0. The number of rotatable bonds is 6. The maximum Gasteiger partial charge on any atom is 0.410 e. The molecule has 5 rings (SSSR count). The summed E-state index contributed by atoms with van der Waals surface area (Å²) in [6.07, 6.45) is 2.09. The molecule has 3 heterocycles. The second-order valence-electron chi connectivity index (χ2n) is 11.5. The zero-order valence-electron chi connectivity index (χ0n) is 24.4. The molecule has 0 saturated carbocycles. The van der Waals surface area contributed by atoms with Crippen LogP contribution in [-0.2, 0) is 26.3 Å². The molecular weight excluding hydrogens is 570 g/mol. The first-order chi connectivity index (χ1) is 20.5. The van der Waals surface area contributed by atoms with Crippen LogP contribution < -0.4 is 10.6 Å². The lowest BCUT2D eigenvalue weighted by atomic mass is 9.80. The van der Waals surface area contributed by atoms with Crippen molar-refractivity contribution in [2.75, 3.05) is 24.2 Å². The number of anilines is 1. The van der Waals surface area contributed by atoms with Crippen molar-refractivity contribution in [1.82, 2.24) is 20.4 Å². The van der Waals surface area contributed by atoms with E-state index >= 15 is 0 Å². The number of hydrogen-bond donors (Lipinski definition) is 2. The minimum absolute atomic E-state index is 0.187. The van der Waals surface area contributed by atoms with Crippen molar-refractivity contribution in [3.63, 3.8) is 0 Å². The topological polar surface area (TPSA) is 136 Å². The number of aromatic nitrogens is 2. The van der Waals surface area contributed by atoms with Crippen LogP contribution in [0.25, 0.3) is 11.5 Å². The molecule has 3 aromatic rings. The van der Waals surface area contributed by atoms with Crippen molar-refractivity contribution in [2.24, 2.45) is 0 Å². The maximum atomic E-state index is 12.9. The largest absolute Gasteiger partial charge is 0.445 e. The van der Waals surface area contributed by atoms with Crippen LogP contribution in [0, 0.1) is 0 Å². The third-order valence-electron chi connectivity index (χ3n) is 7.13. The molecular formula is C31H35N5O6S. The number of piperidine rings is 1. The number of carbonyl (C=O) groups excluding carboxylic acids is 3. The summed E-state index contributed by atoms with van der Waals surface area (Å²) in [5, 5.41) is 14.2. The van der Waals surface area contributed by atoms with E-state index < -0.39 is 29.2 Å². The molecule has 0 aliphatic carbocycles. The molecule has 0 radical (unpaired) electrons. The predicted molar refractivity (Wildman–Crippen MR) is 162 cm³/mol. The zero-order chi connectivity index (χ0) is 30.6.